The molecule has 0 amide bonds. The van der Waals surface area contributed by atoms with E-state index in [-0.39, 0.29) is 0 Å². The molecule has 0 saturated heterocycles. The van der Waals surface area contributed by atoms with Crippen LogP contribution in [0.4, 0.5) is 0 Å². The van der Waals surface area contributed by atoms with Crippen LogP contribution in [0.5, 0.6) is 5.75 Å². The molecule has 0 spiro atoms. The van der Waals surface area contributed by atoms with Crippen molar-refractivity contribution < 1.29 is 14.4 Å². The number of benzene rings is 3. The van der Waals surface area contributed by atoms with Crippen LogP contribution in [0.2, 0.25) is 0 Å². The third kappa shape index (κ3) is 3.27. The van der Waals surface area contributed by atoms with E-state index in [9.17, 15) is 4.79 Å². The van der Waals surface area contributed by atoms with Crippen LogP contribution >= 0.6 is 0 Å². The normalized spacial score (nSPS) is 10.9. The summed E-state index contributed by atoms with van der Waals surface area (Å²) in [5.74, 6) is 0.175. The summed E-state index contributed by atoms with van der Waals surface area (Å²) in [7, 11) is 1.60. The van der Waals surface area contributed by atoms with Gasteiger partial charge < -0.3 is 9.57 Å². The molecular formula is C20H17NO3. The minimum absolute atomic E-state index is 0.461. The number of hydrogen-bond acceptors (Lipinski definition) is 4. The number of oxime groups is 1. The van der Waals surface area contributed by atoms with Crippen LogP contribution in [0.15, 0.2) is 65.8 Å². The Hall–Kier alpha value is -3.14. The van der Waals surface area contributed by atoms with E-state index in [1.165, 1.54) is 6.21 Å². The van der Waals surface area contributed by atoms with E-state index in [4.69, 9.17) is 9.57 Å². The molecule has 0 fully saturated rings. The van der Waals surface area contributed by atoms with E-state index in [1.54, 1.807) is 19.2 Å². The van der Waals surface area contributed by atoms with Gasteiger partial charge in [0, 0.05) is 5.56 Å². The second-order valence-corrected chi connectivity index (χ2v) is 5.38. The first kappa shape index (κ1) is 15.7. The molecule has 0 aromatic heterocycles. The second kappa shape index (κ2) is 6.96. The van der Waals surface area contributed by atoms with Gasteiger partial charge in [0.1, 0.15) is 5.75 Å². The van der Waals surface area contributed by atoms with Crippen molar-refractivity contribution in [3.05, 3.63) is 77.4 Å². The first-order valence-electron chi connectivity index (χ1n) is 7.56. The van der Waals surface area contributed by atoms with Crippen molar-refractivity contribution >= 4 is 23.0 Å². The molecular weight excluding hydrogens is 302 g/mol. The summed E-state index contributed by atoms with van der Waals surface area (Å²) in [6.07, 6.45) is 1.51. The third-order valence-electron chi connectivity index (χ3n) is 3.76. The summed E-state index contributed by atoms with van der Waals surface area (Å²) in [5.41, 5.74) is 2.31. The number of rotatable bonds is 4. The Morgan fingerprint density at radius 3 is 2.50 bits per heavy atom. The second-order valence-electron chi connectivity index (χ2n) is 5.38. The molecule has 3 aromatic rings. The first-order chi connectivity index (χ1) is 11.7. The SMILES string of the molecule is COc1ccc2ccccc2c1/C=N/OC(=O)c1ccc(C)cc1. The largest absolute Gasteiger partial charge is 0.496 e. The molecule has 0 radical (unpaired) electrons. The fourth-order valence-corrected chi connectivity index (χ4v) is 2.46. The van der Waals surface area contributed by atoms with Crippen molar-refractivity contribution in [3.8, 4) is 5.75 Å². The van der Waals surface area contributed by atoms with Crippen molar-refractivity contribution in [2.75, 3.05) is 7.11 Å². The van der Waals surface area contributed by atoms with E-state index in [0.29, 0.717) is 11.3 Å². The maximum Gasteiger partial charge on any atom is 0.365 e. The molecule has 4 heteroatoms. The maximum absolute atomic E-state index is 12.0. The topological polar surface area (TPSA) is 47.9 Å². The standard InChI is InChI=1S/C20H17NO3/c1-14-7-9-16(10-8-14)20(22)24-21-13-18-17-6-4-3-5-15(17)11-12-19(18)23-2/h3-13H,1-2H3/b21-13+. The van der Waals surface area contributed by atoms with Crippen molar-refractivity contribution in [1.82, 2.24) is 0 Å². The van der Waals surface area contributed by atoms with Crippen molar-refractivity contribution in [2.45, 2.75) is 6.92 Å². The number of carbonyl (C=O) groups excluding carboxylic acids is 1. The molecule has 0 saturated carbocycles. The van der Waals surface area contributed by atoms with Crippen LogP contribution < -0.4 is 4.74 Å². The monoisotopic (exact) mass is 319 g/mol. The van der Waals surface area contributed by atoms with Gasteiger partial charge in [0.2, 0.25) is 0 Å². The molecule has 0 aliphatic rings. The lowest BCUT2D eigenvalue weighted by Gasteiger charge is -2.08. The summed E-state index contributed by atoms with van der Waals surface area (Å²) in [5, 5.41) is 5.88. The maximum atomic E-state index is 12.0. The molecule has 0 heterocycles. The minimum atomic E-state index is -0.495. The summed E-state index contributed by atoms with van der Waals surface area (Å²) >= 11 is 0. The zero-order valence-corrected chi connectivity index (χ0v) is 13.5. The van der Waals surface area contributed by atoms with Gasteiger partial charge >= 0.3 is 5.97 Å². The minimum Gasteiger partial charge on any atom is -0.496 e. The Balaban J connectivity index is 1.85. The van der Waals surface area contributed by atoms with Gasteiger partial charge in [-0.15, -0.1) is 0 Å². The molecule has 4 nitrogen and oxygen atoms in total. The molecule has 0 aliphatic carbocycles. The molecule has 0 atom stereocenters. The van der Waals surface area contributed by atoms with E-state index >= 15 is 0 Å². The smallest absolute Gasteiger partial charge is 0.365 e. The lowest BCUT2D eigenvalue weighted by atomic mass is 10.0. The Kier molecular flexibility index (Phi) is 4.57. The van der Waals surface area contributed by atoms with Gasteiger partial charge in [0.25, 0.3) is 0 Å². The number of aryl methyl sites for hydroxylation is 1. The van der Waals surface area contributed by atoms with Crippen LogP contribution in [-0.2, 0) is 4.84 Å². The van der Waals surface area contributed by atoms with Gasteiger partial charge in [-0.2, -0.15) is 0 Å². The number of nitrogens with zero attached hydrogens (tertiary/aromatic N) is 1. The van der Waals surface area contributed by atoms with Gasteiger partial charge in [0.05, 0.1) is 18.9 Å². The molecule has 0 aliphatic heterocycles. The van der Waals surface area contributed by atoms with E-state index in [1.807, 2.05) is 55.5 Å². The highest BCUT2D eigenvalue weighted by Crippen LogP contribution is 2.26. The average Bonchev–Trinajstić information content (AvgIpc) is 2.62. The van der Waals surface area contributed by atoms with Gasteiger partial charge in [-0.3, -0.25) is 0 Å². The van der Waals surface area contributed by atoms with Gasteiger partial charge in [-0.1, -0.05) is 53.2 Å². The van der Waals surface area contributed by atoms with E-state index < -0.39 is 5.97 Å². The van der Waals surface area contributed by atoms with Gasteiger partial charge in [-0.25, -0.2) is 4.79 Å². The molecule has 24 heavy (non-hydrogen) atoms. The Bertz CT molecular complexity index is 898. The fraction of sp³-hybridized carbons (Fsp3) is 0.100. The van der Waals surface area contributed by atoms with E-state index in [0.717, 1.165) is 21.9 Å². The Morgan fingerprint density at radius 1 is 1.00 bits per heavy atom. The molecule has 3 rings (SSSR count). The number of hydrogen-bond donors (Lipinski definition) is 0. The quantitative estimate of drug-likeness (QED) is 0.408. The van der Waals surface area contributed by atoms with Crippen LogP contribution in [0.25, 0.3) is 10.8 Å². The number of carbonyl (C=O) groups is 1. The molecule has 3 aromatic carbocycles. The summed E-state index contributed by atoms with van der Waals surface area (Å²) < 4.78 is 5.38. The van der Waals surface area contributed by atoms with Gasteiger partial charge in [-0.05, 0) is 35.9 Å². The molecule has 0 bridgehead atoms. The highest BCUT2D eigenvalue weighted by Gasteiger charge is 2.08. The Labute approximate surface area is 140 Å². The van der Waals surface area contributed by atoms with Gasteiger partial charge in [0.15, 0.2) is 0 Å². The van der Waals surface area contributed by atoms with Crippen LogP contribution in [0, 0.1) is 6.92 Å². The zero-order chi connectivity index (χ0) is 16.9. The number of fused-ring (bicyclic) bond motifs is 1. The lowest BCUT2D eigenvalue weighted by molar-refractivity contribution is 0.0519. The summed E-state index contributed by atoms with van der Waals surface area (Å²) in [6, 6.07) is 18.9. The fourth-order valence-electron chi connectivity index (χ4n) is 2.46. The van der Waals surface area contributed by atoms with Crippen molar-refractivity contribution in [1.29, 1.82) is 0 Å². The van der Waals surface area contributed by atoms with Crippen LogP contribution in [0.1, 0.15) is 21.5 Å². The lowest BCUT2D eigenvalue weighted by Crippen LogP contribution is -2.01. The first-order valence-corrected chi connectivity index (χ1v) is 7.56. The molecule has 0 unspecified atom stereocenters. The summed E-state index contributed by atoms with van der Waals surface area (Å²) in [6.45, 7) is 1.96. The highest BCUT2D eigenvalue weighted by molar-refractivity contribution is 6.02. The van der Waals surface area contributed by atoms with E-state index in [2.05, 4.69) is 5.16 Å². The average molecular weight is 319 g/mol. The molecule has 120 valence electrons. The van der Waals surface area contributed by atoms with Crippen molar-refractivity contribution in [3.63, 3.8) is 0 Å². The number of methoxy groups -OCH3 is 1. The van der Waals surface area contributed by atoms with Crippen molar-refractivity contribution in [2.24, 2.45) is 5.16 Å². The predicted octanol–water partition coefficient (Wildman–Crippen LogP) is 4.35. The summed E-state index contributed by atoms with van der Waals surface area (Å²) in [4.78, 5) is 17.0. The Morgan fingerprint density at radius 2 is 1.75 bits per heavy atom. The third-order valence-corrected chi connectivity index (χ3v) is 3.76. The molecule has 0 N–H and O–H groups in total. The zero-order valence-electron chi connectivity index (χ0n) is 13.5. The van der Waals surface area contributed by atoms with Crippen LogP contribution in [0.3, 0.4) is 0 Å². The number of ether oxygens (including phenoxy) is 1. The predicted molar refractivity (Wildman–Crippen MR) is 94.7 cm³/mol. The van der Waals surface area contributed by atoms with Crippen LogP contribution in [-0.4, -0.2) is 19.3 Å². The highest BCUT2D eigenvalue weighted by atomic mass is 16.7.